The minimum atomic E-state index is -3.98. The number of hydrogen-bond donors (Lipinski definition) is 1. The number of hydrogen-bond acceptors (Lipinski definition) is 4. The van der Waals surface area contributed by atoms with Crippen molar-refractivity contribution in [1.29, 1.82) is 0 Å². The highest BCUT2D eigenvalue weighted by atomic mass is 35.5. The molecule has 33 heavy (non-hydrogen) atoms. The van der Waals surface area contributed by atoms with Crippen LogP contribution < -0.4 is 10.1 Å². The molecule has 1 atom stereocenters. The first-order chi connectivity index (χ1) is 15.8. The fourth-order valence-corrected chi connectivity index (χ4v) is 5.81. The van der Waals surface area contributed by atoms with Crippen molar-refractivity contribution in [2.45, 2.75) is 30.8 Å². The molecular formula is C24H22Cl2N2O4S. The van der Waals surface area contributed by atoms with Gasteiger partial charge in [0.15, 0.2) is 0 Å². The maximum atomic E-state index is 13.6. The second kappa shape index (κ2) is 9.73. The Morgan fingerprint density at radius 1 is 1.06 bits per heavy atom. The summed E-state index contributed by atoms with van der Waals surface area (Å²) in [4.78, 5) is 13.4. The van der Waals surface area contributed by atoms with Gasteiger partial charge < -0.3 is 10.1 Å². The number of nitrogens with one attached hydrogen (secondary N) is 1. The molecule has 1 amide bonds. The Kier molecular flexibility index (Phi) is 6.95. The van der Waals surface area contributed by atoms with Gasteiger partial charge in [0, 0.05) is 11.6 Å². The van der Waals surface area contributed by atoms with E-state index in [1.165, 1.54) is 22.5 Å². The molecule has 0 saturated heterocycles. The number of nitrogens with zero attached hydrogens (tertiary/aromatic N) is 1. The molecule has 1 heterocycles. The van der Waals surface area contributed by atoms with Crippen molar-refractivity contribution >= 4 is 44.8 Å². The Labute approximate surface area is 203 Å². The largest absolute Gasteiger partial charge is 0.494 e. The molecular weight excluding hydrogens is 483 g/mol. The van der Waals surface area contributed by atoms with E-state index in [4.69, 9.17) is 27.9 Å². The molecule has 0 aromatic heterocycles. The summed E-state index contributed by atoms with van der Waals surface area (Å²) in [5, 5.41) is 3.47. The van der Waals surface area contributed by atoms with Crippen LogP contribution in [0.25, 0.3) is 0 Å². The number of fused-ring (bicyclic) bond motifs is 1. The first-order valence-corrected chi connectivity index (χ1v) is 12.6. The van der Waals surface area contributed by atoms with Gasteiger partial charge >= 0.3 is 0 Å². The van der Waals surface area contributed by atoms with E-state index in [1.807, 2.05) is 31.2 Å². The van der Waals surface area contributed by atoms with Gasteiger partial charge in [0.2, 0.25) is 15.9 Å². The van der Waals surface area contributed by atoms with Gasteiger partial charge in [-0.3, -0.25) is 4.79 Å². The van der Waals surface area contributed by atoms with Gasteiger partial charge in [-0.2, -0.15) is 4.31 Å². The third-order valence-corrected chi connectivity index (χ3v) is 7.86. The first kappa shape index (κ1) is 23.6. The average Bonchev–Trinajstić information content (AvgIpc) is 2.80. The number of carbonyl (C=O) groups excluding carboxylic acids is 1. The van der Waals surface area contributed by atoms with E-state index in [9.17, 15) is 13.2 Å². The lowest BCUT2D eigenvalue weighted by atomic mass is 9.95. The minimum Gasteiger partial charge on any atom is -0.494 e. The van der Waals surface area contributed by atoms with Gasteiger partial charge in [0.1, 0.15) is 11.8 Å². The summed E-state index contributed by atoms with van der Waals surface area (Å²) in [6.45, 7) is 2.41. The smallest absolute Gasteiger partial charge is 0.244 e. The van der Waals surface area contributed by atoms with Crippen molar-refractivity contribution in [3.05, 3.63) is 87.9 Å². The van der Waals surface area contributed by atoms with E-state index >= 15 is 0 Å². The number of amides is 1. The highest BCUT2D eigenvalue weighted by Gasteiger charge is 2.39. The molecule has 1 aliphatic heterocycles. The predicted molar refractivity (Wildman–Crippen MR) is 129 cm³/mol. The Morgan fingerprint density at radius 2 is 1.76 bits per heavy atom. The molecule has 0 bridgehead atoms. The van der Waals surface area contributed by atoms with Crippen molar-refractivity contribution in [3.63, 3.8) is 0 Å². The molecule has 3 aromatic carbocycles. The minimum absolute atomic E-state index is 0.0815. The SMILES string of the molecule is CCOc1ccc(S(=O)(=O)N2Cc3ccccc3C[C@H]2C(=O)Nc2ccc(Cl)cc2Cl)cc1. The van der Waals surface area contributed by atoms with Crippen molar-refractivity contribution in [2.75, 3.05) is 11.9 Å². The Bertz CT molecular complexity index is 1280. The molecule has 4 rings (SSSR count). The highest BCUT2D eigenvalue weighted by molar-refractivity contribution is 7.89. The third kappa shape index (κ3) is 5.01. The van der Waals surface area contributed by atoms with E-state index in [2.05, 4.69) is 5.32 Å². The lowest BCUT2D eigenvalue weighted by Gasteiger charge is -2.35. The third-order valence-electron chi connectivity index (χ3n) is 5.44. The number of sulfonamides is 1. The van der Waals surface area contributed by atoms with Crippen LogP contribution in [0.1, 0.15) is 18.1 Å². The zero-order chi connectivity index (χ0) is 23.6. The summed E-state index contributed by atoms with van der Waals surface area (Å²) in [7, 11) is -3.98. The summed E-state index contributed by atoms with van der Waals surface area (Å²) in [6.07, 6.45) is 0.240. The molecule has 172 valence electrons. The zero-order valence-corrected chi connectivity index (χ0v) is 20.1. The van der Waals surface area contributed by atoms with Crippen molar-refractivity contribution in [2.24, 2.45) is 0 Å². The van der Waals surface area contributed by atoms with E-state index in [1.54, 1.807) is 24.3 Å². The predicted octanol–water partition coefficient (Wildman–Crippen LogP) is 5.15. The van der Waals surface area contributed by atoms with Crippen LogP contribution in [0, 0.1) is 0 Å². The molecule has 1 N–H and O–H groups in total. The number of benzene rings is 3. The van der Waals surface area contributed by atoms with Crippen LogP contribution in [0.5, 0.6) is 5.75 Å². The van der Waals surface area contributed by atoms with Crippen LogP contribution in [0.2, 0.25) is 10.0 Å². The average molecular weight is 505 g/mol. The Morgan fingerprint density at radius 3 is 2.42 bits per heavy atom. The quantitative estimate of drug-likeness (QED) is 0.503. The van der Waals surface area contributed by atoms with Crippen molar-refractivity contribution in [3.8, 4) is 5.75 Å². The van der Waals surface area contributed by atoms with E-state index in [0.29, 0.717) is 23.1 Å². The fraction of sp³-hybridized carbons (Fsp3) is 0.208. The molecule has 0 unspecified atom stereocenters. The fourth-order valence-electron chi connectivity index (χ4n) is 3.79. The van der Waals surface area contributed by atoms with Gasteiger partial charge in [-0.25, -0.2) is 8.42 Å². The van der Waals surface area contributed by atoms with Gasteiger partial charge in [-0.05, 0) is 66.9 Å². The molecule has 1 aliphatic rings. The first-order valence-electron chi connectivity index (χ1n) is 10.4. The maximum Gasteiger partial charge on any atom is 0.244 e. The van der Waals surface area contributed by atoms with Crippen LogP contribution in [-0.2, 0) is 27.8 Å². The monoisotopic (exact) mass is 504 g/mol. The molecule has 6 nitrogen and oxygen atoms in total. The summed E-state index contributed by atoms with van der Waals surface area (Å²) < 4.78 is 33.9. The summed E-state index contributed by atoms with van der Waals surface area (Å²) in [5.74, 6) is 0.107. The zero-order valence-electron chi connectivity index (χ0n) is 17.8. The standard InChI is InChI=1S/C24H22Cl2N2O4S/c1-2-32-19-8-10-20(11-9-19)33(30,31)28-15-17-6-4-3-5-16(17)13-23(28)24(29)27-22-12-7-18(25)14-21(22)26/h3-12,14,23H,2,13,15H2,1H3,(H,27,29)/t23-/m0/s1. The topological polar surface area (TPSA) is 75.7 Å². The number of ether oxygens (including phenoxy) is 1. The maximum absolute atomic E-state index is 13.6. The molecule has 9 heteroatoms. The Balaban J connectivity index is 1.69. The molecule has 0 radical (unpaired) electrons. The second-order valence-corrected chi connectivity index (χ2v) is 10.3. The van der Waals surface area contributed by atoms with E-state index in [0.717, 1.165) is 11.1 Å². The van der Waals surface area contributed by atoms with Crippen molar-refractivity contribution < 1.29 is 17.9 Å². The van der Waals surface area contributed by atoms with Gasteiger partial charge in [-0.1, -0.05) is 47.5 Å². The number of carbonyl (C=O) groups is 1. The Hall–Kier alpha value is -2.58. The number of anilines is 1. The number of rotatable bonds is 6. The molecule has 3 aromatic rings. The van der Waals surface area contributed by atoms with Gasteiger partial charge in [-0.15, -0.1) is 0 Å². The van der Waals surface area contributed by atoms with Crippen molar-refractivity contribution in [1.82, 2.24) is 4.31 Å². The van der Waals surface area contributed by atoms with Gasteiger partial charge in [0.25, 0.3) is 0 Å². The lowest BCUT2D eigenvalue weighted by Crippen LogP contribution is -2.50. The second-order valence-electron chi connectivity index (χ2n) is 7.56. The van der Waals surface area contributed by atoms with E-state index < -0.39 is 22.0 Å². The van der Waals surface area contributed by atoms with Crippen LogP contribution in [0.3, 0.4) is 0 Å². The summed E-state index contributed by atoms with van der Waals surface area (Å²) in [6, 6.07) is 17.5. The van der Waals surface area contributed by atoms with Crippen LogP contribution in [0.15, 0.2) is 71.6 Å². The molecule has 0 spiro atoms. The normalized spacial score (nSPS) is 16.2. The van der Waals surface area contributed by atoms with Gasteiger partial charge in [0.05, 0.1) is 22.2 Å². The summed E-state index contributed by atoms with van der Waals surface area (Å²) in [5.41, 5.74) is 2.15. The highest BCUT2D eigenvalue weighted by Crippen LogP contribution is 2.32. The molecule has 0 saturated carbocycles. The summed E-state index contributed by atoms with van der Waals surface area (Å²) >= 11 is 12.2. The molecule has 0 aliphatic carbocycles. The van der Waals surface area contributed by atoms with Crippen LogP contribution in [0.4, 0.5) is 5.69 Å². The van der Waals surface area contributed by atoms with Crippen LogP contribution in [-0.4, -0.2) is 31.3 Å². The lowest BCUT2D eigenvalue weighted by molar-refractivity contribution is -0.120. The molecule has 0 fully saturated rings. The van der Waals surface area contributed by atoms with E-state index in [-0.39, 0.29) is 22.9 Å². The number of halogens is 2. The van der Waals surface area contributed by atoms with Crippen LogP contribution >= 0.6 is 23.2 Å².